The van der Waals surface area contributed by atoms with E-state index in [4.69, 9.17) is 31.2 Å². The van der Waals surface area contributed by atoms with Gasteiger partial charge in [-0.3, -0.25) is 0 Å². The largest absolute Gasteiger partial charge is 0.493 e. The summed E-state index contributed by atoms with van der Waals surface area (Å²) in [5.74, 6) is 0.523. The molecule has 0 aliphatic carbocycles. The predicted octanol–water partition coefficient (Wildman–Crippen LogP) is 8.53. The highest BCUT2D eigenvalue weighted by Crippen LogP contribution is 2.42. The van der Waals surface area contributed by atoms with Crippen molar-refractivity contribution in [3.63, 3.8) is 0 Å². The number of halogens is 1. The number of carboxylic acids is 1. The van der Waals surface area contributed by atoms with Gasteiger partial charge < -0.3 is 19.5 Å². The van der Waals surface area contributed by atoms with Crippen LogP contribution in [0.1, 0.15) is 83.6 Å². The molecular formula is C36H43ClN4O4. The summed E-state index contributed by atoms with van der Waals surface area (Å²) >= 11 is 6.46. The number of carboxylic acid groups (broad SMARTS) is 1. The highest BCUT2D eigenvalue weighted by Gasteiger charge is 2.37. The van der Waals surface area contributed by atoms with E-state index in [1.54, 1.807) is 0 Å². The van der Waals surface area contributed by atoms with Gasteiger partial charge in [0.05, 0.1) is 23.5 Å². The van der Waals surface area contributed by atoms with Gasteiger partial charge in [0.15, 0.2) is 11.8 Å². The van der Waals surface area contributed by atoms with Crippen LogP contribution >= 0.6 is 11.6 Å². The van der Waals surface area contributed by atoms with E-state index in [0.29, 0.717) is 28.5 Å². The van der Waals surface area contributed by atoms with Crippen molar-refractivity contribution in [3.8, 4) is 28.1 Å². The molecule has 238 valence electrons. The second-order valence-electron chi connectivity index (χ2n) is 13.9. The molecule has 1 N–H and O–H groups in total. The molecule has 5 heterocycles. The predicted molar refractivity (Wildman–Crippen MR) is 178 cm³/mol. The third-order valence-corrected chi connectivity index (χ3v) is 9.36. The molecule has 0 radical (unpaired) electrons. The Kier molecular flexibility index (Phi) is 8.57. The minimum absolute atomic E-state index is 0.216. The molecule has 0 amide bonds. The number of aromatic nitrogens is 3. The lowest BCUT2D eigenvalue weighted by atomic mass is 9.76. The smallest absolute Gasteiger partial charge is 0.337 e. The Balaban J connectivity index is 1.54. The Bertz CT molecular complexity index is 1720. The van der Waals surface area contributed by atoms with E-state index in [1.807, 2.05) is 68.6 Å². The van der Waals surface area contributed by atoms with Gasteiger partial charge in [-0.15, -0.1) is 0 Å². The van der Waals surface area contributed by atoms with Crippen molar-refractivity contribution in [1.82, 2.24) is 14.6 Å². The van der Waals surface area contributed by atoms with Gasteiger partial charge >= 0.3 is 5.97 Å². The van der Waals surface area contributed by atoms with Crippen LogP contribution in [0.25, 0.3) is 28.0 Å². The summed E-state index contributed by atoms with van der Waals surface area (Å²) in [7, 11) is 0. The molecule has 6 bridgehead atoms. The van der Waals surface area contributed by atoms with Crippen LogP contribution in [-0.2, 0) is 9.53 Å². The number of benzene rings is 2. The topological polar surface area (TPSA) is 89.2 Å². The second-order valence-corrected chi connectivity index (χ2v) is 14.3. The molecule has 0 saturated carbocycles. The molecular weight excluding hydrogens is 588 g/mol. The Hall–Kier alpha value is -3.62. The first-order chi connectivity index (χ1) is 21.4. The van der Waals surface area contributed by atoms with Gasteiger partial charge in [0, 0.05) is 41.0 Å². The molecule has 3 aliphatic heterocycles. The minimum atomic E-state index is -1.19. The first-order valence-corrected chi connectivity index (χ1v) is 16.4. The molecule has 3 aliphatic rings. The number of hydrogen-bond donors (Lipinski definition) is 1. The summed E-state index contributed by atoms with van der Waals surface area (Å²) < 4.78 is 14.3. The van der Waals surface area contributed by atoms with Crippen molar-refractivity contribution in [2.75, 3.05) is 24.6 Å². The van der Waals surface area contributed by atoms with Crippen LogP contribution < -0.4 is 9.64 Å². The van der Waals surface area contributed by atoms with E-state index in [-0.39, 0.29) is 5.41 Å². The maximum atomic E-state index is 12.8. The van der Waals surface area contributed by atoms with E-state index in [2.05, 4.69) is 24.0 Å². The quantitative estimate of drug-likeness (QED) is 0.243. The molecule has 1 saturated heterocycles. The molecule has 2 aromatic heterocycles. The number of fused-ring (bicyclic) bond motifs is 7. The zero-order valence-electron chi connectivity index (χ0n) is 26.9. The Labute approximate surface area is 270 Å². The fraction of sp³-hybridized carbons (Fsp3) is 0.472. The Morgan fingerprint density at radius 1 is 1.04 bits per heavy atom. The minimum Gasteiger partial charge on any atom is -0.493 e. The van der Waals surface area contributed by atoms with E-state index < -0.39 is 17.7 Å². The maximum Gasteiger partial charge on any atom is 0.337 e. The van der Waals surface area contributed by atoms with E-state index in [1.165, 1.54) is 0 Å². The molecule has 1 fully saturated rings. The lowest BCUT2D eigenvalue weighted by Gasteiger charge is -2.41. The molecule has 45 heavy (non-hydrogen) atoms. The van der Waals surface area contributed by atoms with E-state index in [9.17, 15) is 9.90 Å². The zero-order valence-corrected chi connectivity index (χ0v) is 27.7. The van der Waals surface area contributed by atoms with Gasteiger partial charge in [0.1, 0.15) is 11.6 Å². The number of nitrogens with zero attached hydrogens (tertiary/aromatic N) is 4. The average Bonchev–Trinajstić information content (AvgIpc) is 3.41. The number of ether oxygens (including phenoxy) is 2. The van der Waals surface area contributed by atoms with Crippen LogP contribution in [0.3, 0.4) is 0 Å². The first kappa shape index (κ1) is 31.4. The van der Waals surface area contributed by atoms with Gasteiger partial charge in [0.2, 0.25) is 0 Å². The third kappa shape index (κ3) is 6.68. The number of carbonyl (C=O) groups is 1. The SMILES string of the molecule is Cc1nc2cc3nn2c(c1[C@H](OC(C)(C)C)C(=O)O)N1CCC(C)(CCCCCOc2ccc(Cl)cc2-c2cccc-3c2)CC1. The summed E-state index contributed by atoms with van der Waals surface area (Å²) in [6.45, 7) is 12.2. The van der Waals surface area contributed by atoms with Crippen molar-refractivity contribution in [2.24, 2.45) is 5.41 Å². The average molecular weight is 631 g/mol. The van der Waals surface area contributed by atoms with Crippen molar-refractivity contribution in [1.29, 1.82) is 0 Å². The third-order valence-electron chi connectivity index (χ3n) is 9.13. The zero-order chi connectivity index (χ0) is 31.9. The van der Waals surface area contributed by atoms with Gasteiger partial charge in [-0.2, -0.15) is 9.61 Å². The molecule has 8 nitrogen and oxygen atoms in total. The number of piperidine rings is 1. The highest BCUT2D eigenvalue weighted by atomic mass is 35.5. The van der Waals surface area contributed by atoms with Gasteiger partial charge in [-0.25, -0.2) is 9.78 Å². The molecule has 1 atom stereocenters. The Morgan fingerprint density at radius 3 is 2.53 bits per heavy atom. The van der Waals surface area contributed by atoms with Gasteiger partial charge in [-0.1, -0.05) is 49.6 Å². The summed E-state index contributed by atoms with van der Waals surface area (Å²) in [6.07, 6.45) is 5.20. The lowest BCUT2D eigenvalue weighted by molar-refractivity contribution is -0.160. The monoisotopic (exact) mass is 630 g/mol. The molecule has 0 spiro atoms. The molecule has 0 unspecified atom stereocenters. The number of rotatable bonds is 3. The van der Waals surface area contributed by atoms with Crippen LogP contribution in [-0.4, -0.2) is 51.0 Å². The first-order valence-electron chi connectivity index (χ1n) is 16.0. The number of anilines is 1. The number of hydrogen-bond acceptors (Lipinski definition) is 6. The Morgan fingerprint density at radius 2 is 1.80 bits per heavy atom. The van der Waals surface area contributed by atoms with Crippen molar-refractivity contribution in [2.45, 2.75) is 84.8 Å². The van der Waals surface area contributed by atoms with Crippen molar-refractivity contribution >= 4 is 29.0 Å². The van der Waals surface area contributed by atoms with Gasteiger partial charge in [0.25, 0.3) is 0 Å². The number of aliphatic carboxylic acids is 1. The van der Waals surface area contributed by atoms with Crippen molar-refractivity contribution in [3.05, 3.63) is 64.8 Å². The van der Waals surface area contributed by atoms with Crippen LogP contribution in [0.5, 0.6) is 5.75 Å². The van der Waals surface area contributed by atoms with E-state index in [0.717, 1.165) is 85.6 Å². The summed E-state index contributed by atoms with van der Waals surface area (Å²) in [4.78, 5) is 20.0. The van der Waals surface area contributed by atoms with Crippen LogP contribution in [0.15, 0.2) is 48.5 Å². The van der Waals surface area contributed by atoms with Crippen molar-refractivity contribution < 1.29 is 19.4 Å². The van der Waals surface area contributed by atoms with Crippen LogP contribution in [0.4, 0.5) is 5.82 Å². The second kappa shape index (κ2) is 12.3. The maximum absolute atomic E-state index is 12.8. The standard InChI is InChI=1S/C36H43ClN4O4/c1-23-31(32(34(42)43)45-35(2,3)4)33-40-17-15-36(5,16-18-40)14-7-6-8-19-44-29-13-12-26(37)21-27(29)24-10-9-11-25(20-24)28-22-30(38-23)41(33)39-28/h9-13,20-22,32H,6-8,14-19H2,1-5H3,(H,42,43)/t32-/m0/s1. The fourth-order valence-corrected chi connectivity index (χ4v) is 6.85. The van der Waals surface area contributed by atoms with Crippen LogP contribution in [0, 0.1) is 12.3 Å². The molecule has 2 aromatic carbocycles. The highest BCUT2D eigenvalue weighted by molar-refractivity contribution is 6.31. The van der Waals surface area contributed by atoms with Crippen LogP contribution in [0.2, 0.25) is 5.02 Å². The summed E-state index contributed by atoms with van der Waals surface area (Å²) in [6, 6.07) is 15.9. The van der Waals surface area contributed by atoms with E-state index >= 15 is 0 Å². The summed E-state index contributed by atoms with van der Waals surface area (Å²) in [5, 5.41) is 16.2. The fourth-order valence-electron chi connectivity index (χ4n) is 6.67. The lowest BCUT2D eigenvalue weighted by Crippen LogP contribution is -2.41. The number of aryl methyl sites for hydroxylation is 1. The summed E-state index contributed by atoms with van der Waals surface area (Å²) in [5.41, 5.74) is 4.97. The molecule has 9 heteroatoms. The molecule has 7 rings (SSSR count). The molecule has 4 aromatic rings. The van der Waals surface area contributed by atoms with Gasteiger partial charge in [-0.05, 0) is 88.6 Å². The normalized spacial score (nSPS) is 17.7.